The fourth-order valence-corrected chi connectivity index (χ4v) is 2.68. The molecule has 0 saturated heterocycles. The van der Waals surface area contributed by atoms with Gasteiger partial charge >= 0.3 is 0 Å². The molecule has 0 saturated carbocycles. The van der Waals surface area contributed by atoms with E-state index < -0.39 is 0 Å². The van der Waals surface area contributed by atoms with E-state index in [1.165, 1.54) is 4.88 Å². The van der Waals surface area contributed by atoms with Crippen LogP contribution in [0.25, 0.3) is 0 Å². The Bertz CT molecular complexity index is 374. The smallest absolute Gasteiger partial charge is 0.185 e. The summed E-state index contributed by atoms with van der Waals surface area (Å²) in [6.45, 7) is 10.6. The average molecular weight is 284 g/mol. The highest BCUT2D eigenvalue weighted by Crippen LogP contribution is 2.25. The Morgan fingerprint density at radius 3 is 2.47 bits per heavy atom. The lowest BCUT2D eigenvalue weighted by molar-refractivity contribution is 0.416. The van der Waals surface area contributed by atoms with Crippen molar-refractivity contribution in [2.24, 2.45) is 5.92 Å². The molecule has 0 atom stereocenters. The summed E-state index contributed by atoms with van der Waals surface area (Å²) in [4.78, 5) is 10.5. The third-order valence-electron chi connectivity index (χ3n) is 2.93. The van der Waals surface area contributed by atoms with Gasteiger partial charge in [0.25, 0.3) is 0 Å². The number of nitrogens with one attached hydrogen (secondary N) is 1. The number of nitrogens with zero attached hydrogens (tertiary/aromatic N) is 3. The maximum absolute atomic E-state index is 4.67. The molecule has 1 rings (SSSR count). The number of hydrogen-bond acceptors (Lipinski definition) is 5. The molecule has 0 aliphatic rings. The Kier molecular flexibility index (Phi) is 6.75. The van der Waals surface area contributed by atoms with Gasteiger partial charge in [-0.1, -0.05) is 13.8 Å². The minimum atomic E-state index is 0.690. The lowest BCUT2D eigenvalue weighted by Crippen LogP contribution is -2.28. The van der Waals surface area contributed by atoms with E-state index in [1.54, 1.807) is 11.3 Å². The zero-order chi connectivity index (χ0) is 14.4. The fourth-order valence-electron chi connectivity index (χ4n) is 1.66. The van der Waals surface area contributed by atoms with Gasteiger partial charge in [0.05, 0.1) is 5.69 Å². The Labute approximate surface area is 121 Å². The van der Waals surface area contributed by atoms with Crippen LogP contribution in [0.5, 0.6) is 0 Å². The highest BCUT2D eigenvalue weighted by atomic mass is 32.1. The van der Waals surface area contributed by atoms with Gasteiger partial charge in [-0.25, -0.2) is 4.98 Å². The van der Waals surface area contributed by atoms with Gasteiger partial charge in [0.15, 0.2) is 5.13 Å². The molecular weight excluding hydrogens is 256 g/mol. The molecule has 0 radical (unpaired) electrons. The number of likely N-dealkylation sites (N-methyl/N-ethyl adjacent to an activating group) is 2. The van der Waals surface area contributed by atoms with E-state index >= 15 is 0 Å². The van der Waals surface area contributed by atoms with E-state index in [9.17, 15) is 0 Å². The summed E-state index contributed by atoms with van der Waals surface area (Å²) in [6, 6.07) is 0. The van der Waals surface area contributed by atoms with Crippen LogP contribution in [0.15, 0.2) is 0 Å². The van der Waals surface area contributed by atoms with Crippen LogP contribution >= 0.6 is 11.3 Å². The molecule has 5 heteroatoms. The Morgan fingerprint density at radius 2 is 1.89 bits per heavy atom. The second-order valence-electron chi connectivity index (χ2n) is 5.75. The summed E-state index contributed by atoms with van der Waals surface area (Å²) < 4.78 is 0. The second kappa shape index (κ2) is 7.82. The quantitative estimate of drug-likeness (QED) is 0.793. The molecule has 0 aliphatic carbocycles. The molecule has 0 aliphatic heterocycles. The van der Waals surface area contributed by atoms with Crippen LogP contribution in [0.3, 0.4) is 0 Å². The lowest BCUT2D eigenvalue weighted by Gasteiger charge is -2.18. The SMILES string of the molecule is Cc1nc(N(C)CCN(C)C)sc1CNCC(C)C. The third kappa shape index (κ3) is 5.89. The summed E-state index contributed by atoms with van der Waals surface area (Å²) in [7, 11) is 6.32. The fraction of sp³-hybridized carbons (Fsp3) is 0.786. The number of anilines is 1. The predicted molar refractivity (Wildman–Crippen MR) is 85.2 cm³/mol. The minimum absolute atomic E-state index is 0.690. The van der Waals surface area contributed by atoms with Crippen LogP contribution < -0.4 is 10.2 Å². The molecule has 1 N–H and O–H groups in total. The second-order valence-corrected chi connectivity index (χ2v) is 6.82. The minimum Gasteiger partial charge on any atom is -0.350 e. The molecule has 0 fully saturated rings. The first-order valence-electron chi connectivity index (χ1n) is 6.93. The zero-order valence-corrected chi connectivity index (χ0v) is 14.0. The summed E-state index contributed by atoms with van der Waals surface area (Å²) in [5.74, 6) is 0.690. The van der Waals surface area contributed by atoms with Crippen molar-refractivity contribution in [2.45, 2.75) is 27.3 Å². The standard InChI is InChI=1S/C14H28N4S/c1-11(2)9-15-10-13-12(3)16-14(19-13)18(6)8-7-17(4)5/h11,15H,7-10H2,1-6H3. The molecule has 1 aromatic heterocycles. The maximum atomic E-state index is 4.67. The predicted octanol–water partition coefficient (Wildman–Crippen LogP) is 2.19. The van der Waals surface area contributed by atoms with Gasteiger partial charge in [-0.3, -0.25) is 0 Å². The normalized spacial score (nSPS) is 11.6. The van der Waals surface area contributed by atoms with E-state index in [1.807, 2.05) is 0 Å². The average Bonchev–Trinajstić information content (AvgIpc) is 2.67. The Balaban J connectivity index is 2.52. The number of rotatable bonds is 8. The third-order valence-corrected chi connectivity index (χ3v) is 4.20. The molecule has 4 nitrogen and oxygen atoms in total. The van der Waals surface area contributed by atoms with E-state index in [4.69, 9.17) is 0 Å². The summed E-state index contributed by atoms with van der Waals surface area (Å²) >= 11 is 1.80. The summed E-state index contributed by atoms with van der Waals surface area (Å²) in [5, 5.41) is 4.61. The van der Waals surface area contributed by atoms with Crippen molar-refractivity contribution in [3.63, 3.8) is 0 Å². The van der Waals surface area contributed by atoms with Crippen LogP contribution in [0.2, 0.25) is 0 Å². The molecule has 19 heavy (non-hydrogen) atoms. The topological polar surface area (TPSA) is 31.4 Å². The highest BCUT2D eigenvalue weighted by molar-refractivity contribution is 7.15. The van der Waals surface area contributed by atoms with E-state index in [-0.39, 0.29) is 0 Å². The number of thiazole rings is 1. The molecule has 0 bridgehead atoms. The van der Waals surface area contributed by atoms with Crippen molar-refractivity contribution in [2.75, 3.05) is 45.7 Å². The van der Waals surface area contributed by atoms with Crippen LogP contribution in [-0.2, 0) is 6.54 Å². The van der Waals surface area contributed by atoms with Crippen LogP contribution in [0, 0.1) is 12.8 Å². The van der Waals surface area contributed by atoms with Crippen molar-refractivity contribution in [1.82, 2.24) is 15.2 Å². The summed E-state index contributed by atoms with van der Waals surface area (Å²) in [6.07, 6.45) is 0. The molecular formula is C14H28N4S. The van der Waals surface area contributed by atoms with E-state index in [2.05, 4.69) is 62.0 Å². The van der Waals surface area contributed by atoms with Gasteiger partial charge in [0, 0.05) is 31.6 Å². The van der Waals surface area contributed by atoms with Gasteiger partial charge in [-0.05, 0) is 33.5 Å². The molecule has 0 aromatic carbocycles. The van der Waals surface area contributed by atoms with E-state index in [0.29, 0.717) is 5.92 Å². The first kappa shape index (κ1) is 16.4. The first-order chi connectivity index (χ1) is 8.90. The highest BCUT2D eigenvalue weighted by Gasteiger charge is 2.11. The first-order valence-corrected chi connectivity index (χ1v) is 7.74. The number of aryl methyl sites for hydroxylation is 1. The van der Waals surface area contributed by atoms with Crippen molar-refractivity contribution in [1.29, 1.82) is 0 Å². The molecule has 0 spiro atoms. The van der Waals surface area contributed by atoms with Gasteiger partial charge in [-0.15, -0.1) is 11.3 Å². The number of aromatic nitrogens is 1. The van der Waals surface area contributed by atoms with Crippen LogP contribution in [0.1, 0.15) is 24.4 Å². The van der Waals surface area contributed by atoms with Crippen LogP contribution in [-0.4, -0.2) is 50.7 Å². The molecule has 1 aromatic rings. The van der Waals surface area contributed by atoms with Gasteiger partial charge in [0.1, 0.15) is 0 Å². The van der Waals surface area contributed by atoms with Gasteiger partial charge in [-0.2, -0.15) is 0 Å². The van der Waals surface area contributed by atoms with Crippen molar-refractivity contribution in [3.8, 4) is 0 Å². The maximum Gasteiger partial charge on any atom is 0.185 e. The van der Waals surface area contributed by atoms with Crippen molar-refractivity contribution >= 4 is 16.5 Å². The number of hydrogen-bond donors (Lipinski definition) is 1. The largest absolute Gasteiger partial charge is 0.350 e. The van der Waals surface area contributed by atoms with Gasteiger partial charge < -0.3 is 15.1 Å². The molecule has 1 heterocycles. The lowest BCUT2D eigenvalue weighted by atomic mass is 10.2. The van der Waals surface area contributed by atoms with Gasteiger partial charge in [0.2, 0.25) is 0 Å². The Morgan fingerprint density at radius 1 is 1.21 bits per heavy atom. The molecule has 0 unspecified atom stereocenters. The Hall–Kier alpha value is -0.650. The molecule has 0 amide bonds. The monoisotopic (exact) mass is 284 g/mol. The van der Waals surface area contributed by atoms with Crippen molar-refractivity contribution < 1.29 is 0 Å². The summed E-state index contributed by atoms with van der Waals surface area (Å²) in [5.41, 5.74) is 1.16. The molecule has 110 valence electrons. The zero-order valence-electron chi connectivity index (χ0n) is 13.2. The van der Waals surface area contributed by atoms with Crippen LogP contribution in [0.4, 0.5) is 5.13 Å². The van der Waals surface area contributed by atoms with E-state index in [0.717, 1.165) is 37.0 Å². The van der Waals surface area contributed by atoms with Crippen molar-refractivity contribution in [3.05, 3.63) is 10.6 Å².